The summed E-state index contributed by atoms with van der Waals surface area (Å²) in [6.45, 7) is 4.87. The van der Waals surface area contributed by atoms with Gasteiger partial charge in [-0.1, -0.05) is 31.9 Å². The Balaban J connectivity index is 2.24. The molecule has 2 unspecified atom stereocenters. The molecule has 0 spiro atoms. The lowest BCUT2D eigenvalue weighted by Gasteiger charge is -2.37. The monoisotopic (exact) mass is 486 g/mol. The van der Waals surface area contributed by atoms with E-state index in [0.29, 0.717) is 5.56 Å². The zero-order valence-corrected chi connectivity index (χ0v) is 20.7. The maximum Gasteiger partial charge on any atom is 0.405 e. The van der Waals surface area contributed by atoms with Crippen LogP contribution in [0.25, 0.3) is 0 Å². The van der Waals surface area contributed by atoms with Crippen LogP contribution in [0.3, 0.4) is 0 Å². The number of nitrogens with zero attached hydrogens (tertiary/aromatic N) is 2. The highest BCUT2D eigenvalue weighted by atomic mass is 16.4. The maximum absolute atomic E-state index is 13.5. The van der Waals surface area contributed by atoms with Crippen molar-refractivity contribution < 1.29 is 29.4 Å². The lowest BCUT2D eigenvalue weighted by molar-refractivity contribution is -0.143. The summed E-state index contributed by atoms with van der Waals surface area (Å²) < 4.78 is 0. The van der Waals surface area contributed by atoms with Crippen molar-refractivity contribution in [1.82, 2.24) is 20.4 Å². The first-order valence-corrected chi connectivity index (χ1v) is 11.3. The predicted molar refractivity (Wildman–Crippen MR) is 129 cm³/mol. The Labute approximate surface area is 205 Å². The highest BCUT2D eigenvalue weighted by molar-refractivity contribution is 5.93. The van der Waals surface area contributed by atoms with Crippen LogP contribution in [0.5, 0.6) is 0 Å². The van der Waals surface area contributed by atoms with Crippen molar-refractivity contribution in [1.29, 1.82) is 0 Å². The third-order valence-electron chi connectivity index (χ3n) is 6.20. The standard InChI is InChI=1S/C25H34N4O6/c1-7-16-8-10-17(11-9-16)15(2)26-22(32)19-12-18(30)14-29(19)23(33)21(27-24(34)35)25(3,4)13-20(31)28(5)6/h1,8-11,15,18-19,21,27,30H,12-14H2,2-6H3,(H,26,32)(H,34,35)/t15?,18-,19+,21?/m1/s1. The number of benzene rings is 1. The Kier molecular flexibility index (Phi) is 8.88. The van der Waals surface area contributed by atoms with Crippen LogP contribution in [0.2, 0.25) is 0 Å². The minimum absolute atomic E-state index is 0.0111. The van der Waals surface area contributed by atoms with Gasteiger partial charge in [-0.25, -0.2) is 4.79 Å². The summed E-state index contributed by atoms with van der Waals surface area (Å²) in [4.78, 5) is 53.0. The Morgan fingerprint density at radius 2 is 1.80 bits per heavy atom. The van der Waals surface area contributed by atoms with Gasteiger partial charge in [0.1, 0.15) is 12.1 Å². The van der Waals surface area contributed by atoms with Gasteiger partial charge in [0, 0.05) is 44.5 Å². The average Bonchev–Trinajstić information content (AvgIpc) is 3.18. The molecule has 190 valence electrons. The fourth-order valence-corrected chi connectivity index (χ4v) is 4.10. The van der Waals surface area contributed by atoms with Crippen LogP contribution in [0.1, 0.15) is 50.8 Å². The van der Waals surface area contributed by atoms with E-state index in [9.17, 15) is 29.4 Å². The third kappa shape index (κ3) is 6.96. The van der Waals surface area contributed by atoms with Crippen molar-refractivity contribution >= 4 is 23.8 Å². The highest BCUT2D eigenvalue weighted by Gasteiger charge is 2.46. The van der Waals surface area contributed by atoms with Crippen molar-refractivity contribution in [2.24, 2.45) is 5.41 Å². The molecule has 1 aromatic rings. The fraction of sp³-hybridized carbons (Fsp3) is 0.520. The number of amides is 4. The molecule has 0 bridgehead atoms. The molecule has 1 heterocycles. The zero-order valence-electron chi connectivity index (χ0n) is 20.7. The molecule has 1 aromatic carbocycles. The van der Waals surface area contributed by atoms with Crippen LogP contribution in [0.15, 0.2) is 24.3 Å². The van der Waals surface area contributed by atoms with Crippen molar-refractivity contribution in [3.05, 3.63) is 35.4 Å². The van der Waals surface area contributed by atoms with E-state index < -0.39 is 47.6 Å². The summed E-state index contributed by atoms with van der Waals surface area (Å²) >= 11 is 0. The second-order valence-electron chi connectivity index (χ2n) is 9.73. The molecule has 1 fully saturated rings. The number of hydrogen-bond donors (Lipinski definition) is 4. The van der Waals surface area contributed by atoms with E-state index in [1.54, 1.807) is 59.1 Å². The quantitative estimate of drug-likeness (QED) is 0.404. The largest absolute Gasteiger partial charge is 0.465 e. The van der Waals surface area contributed by atoms with Crippen LogP contribution in [-0.4, -0.2) is 82.7 Å². The molecular weight excluding hydrogens is 452 g/mol. The number of aliphatic hydroxyl groups is 1. The van der Waals surface area contributed by atoms with Crippen LogP contribution in [-0.2, 0) is 14.4 Å². The van der Waals surface area contributed by atoms with E-state index in [1.807, 2.05) is 0 Å². The molecule has 0 aliphatic carbocycles. The highest BCUT2D eigenvalue weighted by Crippen LogP contribution is 2.30. The van der Waals surface area contributed by atoms with Gasteiger partial charge in [0.05, 0.1) is 12.1 Å². The second-order valence-corrected chi connectivity index (χ2v) is 9.73. The van der Waals surface area contributed by atoms with E-state index in [1.165, 1.54) is 9.80 Å². The Morgan fingerprint density at radius 3 is 2.31 bits per heavy atom. The lowest BCUT2D eigenvalue weighted by Crippen LogP contribution is -2.58. The van der Waals surface area contributed by atoms with Gasteiger partial charge in [-0.2, -0.15) is 0 Å². The molecule has 4 N–H and O–H groups in total. The van der Waals surface area contributed by atoms with Crippen molar-refractivity contribution in [2.45, 2.75) is 57.8 Å². The molecule has 10 nitrogen and oxygen atoms in total. The number of aliphatic hydroxyl groups excluding tert-OH is 1. The van der Waals surface area contributed by atoms with Gasteiger partial charge >= 0.3 is 6.09 Å². The average molecular weight is 487 g/mol. The summed E-state index contributed by atoms with van der Waals surface area (Å²) in [6, 6.07) is 4.40. The van der Waals surface area contributed by atoms with Crippen molar-refractivity contribution in [3.63, 3.8) is 0 Å². The SMILES string of the molecule is C#Cc1ccc(C(C)NC(=O)[C@@H]2C[C@@H](O)CN2C(=O)C(NC(=O)O)C(C)(C)CC(=O)N(C)C)cc1. The molecule has 35 heavy (non-hydrogen) atoms. The lowest BCUT2D eigenvalue weighted by atomic mass is 9.79. The van der Waals surface area contributed by atoms with Gasteiger partial charge in [-0.15, -0.1) is 6.42 Å². The molecule has 0 aromatic heterocycles. The number of nitrogens with one attached hydrogen (secondary N) is 2. The molecule has 0 radical (unpaired) electrons. The molecule has 4 amide bonds. The van der Waals surface area contributed by atoms with Crippen LogP contribution < -0.4 is 10.6 Å². The predicted octanol–water partition coefficient (Wildman–Crippen LogP) is 0.948. The van der Waals surface area contributed by atoms with Crippen LogP contribution in [0.4, 0.5) is 4.79 Å². The van der Waals surface area contributed by atoms with E-state index >= 15 is 0 Å². The number of likely N-dealkylation sites (tertiary alicyclic amines) is 1. The van der Waals surface area contributed by atoms with E-state index in [2.05, 4.69) is 16.6 Å². The number of rotatable bonds is 8. The smallest absolute Gasteiger partial charge is 0.405 e. The Bertz CT molecular complexity index is 998. The molecule has 4 atom stereocenters. The number of hydrogen-bond acceptors (Lipinski definition) is 5. The minimum Gasteiger partial charge on any atom is -0.465 e. The summed E-state index contributed by atoms with van der Waals surface area (Å²) in [5.41, 5.74) is 0.412. The van der Waals surface area contributed by atoms with Crippen LogP contribution in [0, 0.1) is 17.8 Å². The number of β-amino-alcohol motifs (C(OH)–C–C–N with tert-alkyl or cyclic N) is 1. The van der Waals surface area contributed by atoms with Gasteiger partial charge in [-0.05, 0) is 24.6 Å². The van der Waals surface area contributed by atoms with Gasteiger partial charge in [-0.3, -0.25) is 14.4 Å². The van der Waals surface area contributed by atoms with E-state index in [0.717, 1.165) is 5.56 Å². The molecule has 1 saturated heterocycles. The first-order valence-electron chi connectivity index (χ1n) is 11.3. The number of carbonyl (C=O) groups is 4. The fourth-order valence-electron chi connectivity index (χ4n) is 4.10. The maximum atomic E-state index is 13.5. The van der Waals surface area contributed by atoms with Gasteiger partial charge in [0.2, 0.25) is 17.7 Å². The topological polar surface area (TPSA) is 139 Å². The third-order valence-corrected chi connectivity index (χ3v) is 6.20. The van der Waals surface area contributed by atoms with Gasteiger partial charge in [0.25, 0.3) is 0 Å². The summed E-state index contributed by atoms with van der Waals surface area (Å²) in [5, 5.41) is 24.7. The molecule has 10 heteroatoms. The molecule has 1 aliphatic heterocycles. The Morgan fingerprint density at radius 1 is 1.20 bits per heavy atom. The summed E-state index contributed by atoms with van der Waals surface area (Å²) in [6.07, 6.45) is 2.91. The first kappa shape index (κ1) is 27.7. The van der Waals surface area contributed by atoms with Crippen molar-refractivity contribution in [3.8, 4) is 12.3 Å². The van der Waals surface area contributed by atoms with E-state index in [4.69, 9.17) is 6.42 Å². The van der Waals surface area contributed by atoms with Gasteiger partial charge < -0.3 is 30.6 Å². The number of carboxylic acid groups (broad SMARTS) is 1. The number of carbonyl (C=O) groups excluding carboxylic acids is 3. The van der Waals surface area contributed by atoms with Crippen LogP contribution >= 0.6 is 0 Å². The summed E-state index contributed by atoms with van der Waals surface area (Å²) in [7, 11) is 3.14. The summed E-state index contributed by atoms with van der Waals surface area (Å²) in [5.74, 6) is 1.10. The second kappa shape index (κ2) is 11.2. The molecule has 1 aliphatic rings. The first-order chi connectivity index (χ1) is 16.3. The molecular formula is C25H34N4O6. The number of terminal acetylenes is 1. The minimum atomic E-state index is -1.43. The molecule has 0 saturated carbocycles. The Hall–Kier alpha value is -3.58. The van der Waals surface area contributed by atoms with E-state index in [-0.39, 0.29) is 25.3 Å². The zero-order chi connectivity index (χ0) is 26.5. The van der Waals surface area contributed by atoms with Gasteiger partial charge in [0.15, 0.2) is 0 Å². The normalized spacial score (nSPS) is 19.3. The molecule has 2 rings (SSSR count). The van der Waals surface area contributed by atoms with Crippen molar-refractivity contribution in [2.75, 3.05) is 20.6 Å².